The lowest BCUT2D eigenvalue weighted by Gasteiger charge is -2.25. The van der Waals surface area contributed by atoms with Crippen LogP contribution in [0.25, 0.3) is 10.8 Å². The van der Waals surface area contributed by atoms with Crippen molar-refractivity contribution >= 4 is 11.3 Å². The number of aryl methyl sites for hydroxylation is 1. The molecule has 0 unspecified atom stereocenters. The molecule has 2 aromatic rings. The third-order valence-corrected chi connectivity index (χ3v) is 4.10. The normalized spacial score (nSPS) is 17.2. The molecule has 0 amide bonds. The molecule has 0 aliphatic carbocycles. The molecule has 1 fully saturated rings. The van der Waals surface area contributed by atoms with Gasteiger partial charge in [0.2, 0.25) is 0 Å². The van der Waals surface area contributed by atoms with Gasteiger partial charge in [-0.15, -0.1) is 11.3 Å². The fraction of sp³-hybridized carbons (Fsp3) is 0.500. The van der Waals surface area contributed by atoms with Crippen LogP contribution in [0, 0.1) is 6.92 Å². The monoisotopic (exact) mass is 264 g/mol. The molecule has 96 valence electrons. The van der Waals surface area contributed by atoms with Crippen LogP contribution in [-0.2, 0) is 6.54 Å². The molecule has 3 heterocycles. The maximum Gasteiger partial charge on any atom is 0.268 e. The fourth-order valence-corrected chi connectivity index (χ4v) is 2.92. The van der Waals surface area contributed by atoms with Gasteiger partial charge >= 0.3 is 0 Å². The van der Waals surface area contributed by atoms with Crippen LogP contribution in [0.2, 0.25) is 0 Å². The van der Waals surface area contributed by atoms with Gasteiger partial charge in [-0.1, -0.05) is 5.16 Å². The van der Waals surface area contributed by atoms with Crippen LogP contribution in [0.5, 0.6) is 0 Å². The van der Waals surface area contributed by atoms with Crippen molar-refractivity contribution in [2.75, 3.05) is 26.2 Å². The van der Waals surface area contributed by atoms with Gasteiger partial charge in [0.15, 0.2) is 5.82 Å². The number of hydrogen-bond acceptors (Lipinski definition) is 6. The van der Waals surface area contributed by atoms with Gasteiger partial charge in [0.25, 0.3) is 5.89 Å². The average Bonchev–Trinajstić information content (AvgIpc) is 2.99. The van der Waals surface area contributed by atoms with E-state index in [9.17, 15) is 0 Å². The summed E-state index contributed by atoms with van der Waals surface area (Å²) in [5.74, 6) is 1.42. The predicted octanol–water partition coefficient (Wildman–Crippen LogP) is 1.51. The van der Waals surface area contributed by atoms with Gasteiger partial charge < -0.3 is 9.84 Å². The third-order valence-electron chi connectivity index (χ3n) is 3.10. The highest BCUT2D eigenvalue weighted by atomic mass is 32.1. The van der Waals surface area contributed by atoms with Crippen LogP contribution in [0.1, 0.15) is 11.4 Å². The Kier molecular flexibility index (Phi) is 3.40. The average molecular weight is 264 g/mol. The van der Waals surface area contributed by atoms with E-state index in [-0.39, 0.29) is 0 Å². The first-order chi connectivity index (χ1) is 8.83. The highest BCUT2D eigenvalue weighted by Gasteiger charge is 2.16. The van der Waals surface area contributed by atoms with E-state index in [2.05, 4.69) is 33.3 Å². The standard InChI is InChI=1S/C12H16N4OS/c1-9-2-7-18-11(9)12-14-10(15-17-12)8-16-5-3-13-4-6-16/h2,7,13H,3-6,8H2,1H3. The first kappa shape index (κ1) is 11.8. The minimum Gasteiger partial charge on any atom is -0.333 e. The van der Waals surface area contributed by atoms with Crippen molar-refractivity contribution in [3.05, 3.63) is 22.8 Å². The summed E-state index contributed by atoms with van der Waals surface area (Å²) in [5, 5.41) is 9.44. The molecule has 1 aliphatic heterocycles. The molecule has 0 spiro atoms. The Morgan fingerprint density at radius 2 is 2.28 bits per heavy atom. The SMILES string of the molecule is Cc1ccsc1-c1nc(CN2CCNCC2)no1. The van der Waals surface area contributed by atoms with E-state index in [0.717, 1.165) is 43.4 Å². The van der Waals surface area contributed by atoms with Crippen molar-refractivity contribution in [3.63, 3.8) is 0 Å². The molecule has 1 aliphatic rings. The molecule has 1 N–H and O–H groups in total. The molecule has 0 bridgehead atoms. The summed E-state index contributed by atoms with van der Waals surface area (Å²) in [7, 11) is 0. The van der Waals surface area contributed by atoms with E-state index >= 15 is 0 Å². The summed E-state index contributed by atoms with van der Waals surface area (Å²) in [6, 6.07) is 2.07. The van der Waals surface area contributed by atoms with Gasteiger partial charge in [-0.2, -0.15) is 4.98 Å². The predicted molar refractivity (Wildman–Crippen MR) is 70.5 cm³/mol. The molecule has 0 aromatic carbocycles. The zero-order valence-corrected chi connectivity index (χ0v) is 11.2. The van der Waals surface area contributed by atoms with Crippen LogP contribution in [0.15, 0.2) is 16.0 Å². The second kappa shape index (κ2) is 5.17. The Bertz CT molecular complexity index is 516. The molecule has 3 rings (SSSR count). The molecule has 18 heavy (non-hydrogen) atoms. The fourth-order valence-electron chi connectivity index (χ4n) is 2.07. The van der Waals surface area contributed by atoms with E-state index < -0.39 is 0 Å². The Morgan fingerprint density at radius 1 is 1.44 bits per heavy atom. The molecular formula is C12H16N4OS. The molecular weight excluding hydrogens is 248 g/mol. The largest absolute Gasteiger partial charge is 0.333 e. The summed E-state index contributed by atoms with van der Waals surface area (Å²) < 4.78 is 5.34. The Morgan fingerprint density at radius 3 is 3.00 bits per heavy atom. The first-order valence-electron chi connectivity index (χ1n) is 6.13. The second-order valence-corrected chi connectivity index (χ2v) is 5.39. The van der Waals surface area contributed by atoms with Crippen molar-refractivity contribution < 1.29 is 4.52 Å². The summed E-state index contributed by atoms with van der Waals surface area (Å²) >= 11 is 1.64. The Labute approximate surface area is 110 Å². The zero-order chi connectivity index (χ0) is 12.4. The second-order valence-electron chi connectivity index (χ2n) is 4.47. The summed E-state index contributed by atoms with van der Waals surface area (Å²) in [4.78, 5) is 7.90. The maximum atomic E-state index is 5.34. The van der Waals surface area contributed by atoms with Crippen LogP contribution < -0.4 is 5.32 Å². The summed E-state index contributed by atoms with van der Waals surface area (Å²) in [6.07, 6.45) is 0. The Hall–Kier alpha value is -1.24. The van der Waals surface area contributed by atoms with E-state index in [1.54, 1.807) is 11.3 Å². The van der Waals surface area contributed by atoms with Crippen molar-refractivity contribution in [1.82, 2.24) is 20.4 Å². The van der Waals surface area contributed by atoms with Crippen LogP contribution in [0.4, 0.5) is 0 Å². The first-order valence-corrected chi connectivity index (χ1v) is 7.01. The van der Waals surface area contributed by atoms with E-state index in [4.69, 9.17) is 4.52 Å². The van der Waals surface area contributed by atoms with Crippen LogP contribution in [0.3, 0.4) is 0 Å². The van der Waals surface area contributed by atoms with E-state index in [1.165, 1.54) is 5.56 Å². The molecule has 0 radical (unpaired) electrons. The van der Waals surface area contributed by atoms with Crippen LogP contribution >= 0.6 is 11.3 Å². The number of hydrogen-bond donors (Lipinski definition) is 1. The molecule has 0 atom stereocenters. The molecule has 6 heteroatoms. The lowest BCUT2D eigenvalue weighted by Crippen LogP contribution is -2.43. The van der Waals surface area contributed by atoms with Crippen molar-refractivity contribution in [1.29, 1.82) is 0 Å². The number of piperazine rings is 1. The smallest absolute Gasteiger partial charge is 0.268 e. The van der Waals surface area contributed by atoms with Crippen LogP contribution in [-0.4, -0.2) is 41.2 Å². The van der Waals surface area contributed by atoms with Gasteiger partial charge in [0.1, 0.15) is 0 Å². The molecule has 1 saturated heterocycles. The lowest BCUT2D eigenvalue weighted by molar-refractivity contribution is 0.225. The maximum absolute atomic E-state index is 5.34. The number of nitrogens with zero attached hydrogens (tertiary/aromatic N) is 3. The molecule has 0 saturated carbocycles. The number of thiophene rings is 1. The molecule has 5 nitrogen and oxygen atoms in total. The van der Waals surface area contributed by atoms with Gasteiger partial charge in [-0.05, 0) is 23.9 Å². The number of aromatic nitrogens is 2. The summed E-state index contributed by atoms with van der Waals surface area (Å²) in [6.45, 7) is 6.99. The van der Waals surface area contributed by atoms with Gasteiger partial charge in [0.05, 0.1) is 11.4 Å². The van der Waals surface area contributed by atoms with Gasteiger partial charge in [-0.25, -0.2) is 0 Å². The number of rotatable bonds is 3. The minimum atomic E-state index is 0.646. The Balaban J connectivity index is 1.71. The van der Waals surface area contributed by atoms with Crippen molar-refractivity contribution in [2.45, 2.75) is 13.5 Å². The van der Waals surface area contributed by atoms with E-state index in [1.807, 2.05) is 5.38 Å². The number of nitrogens with one attached hydrogen (secondary N) is 1. The summed E-state index contributed by atoms with van der Waals surface area (Å²) in [5.41, 5.74) is 1.19. The van der Waals surface area contributed by atoms with Crippen molar-refractivity contribution in [2.24, 2.45) is 0 Å². The van der Waals surface area contributed by atoms with Gasteiger partial charge in [-0.3, -0.25) is 4.90 Å². The highest BCUT2D eigenvalue weighted by Crippen LogP contribution is 2.27. The highest BCUT2D eigenvalue weighted by molar-refractivity contribution is 7.13. The molecule has 2 aromatic heterocycles. The van der Waals surface area contributed by atoms with E-state index in [0.29, 0.717) is 5.89 Å². The van der Waals surface area contributed by atoms with Gasteiger partial charge in [0, 0.05) is 26.2 Å². The lowest BCUT2D eigenvalue weighted by atomic mass is 10.3. The zero-order valence-electron chi connectivity index (χ0n) is 10.3. The quantitative estimate of drug-likeness (QED) is 0.910. The topological polar surface area (TPSA) is 54.2 Å². The van der Waals surface area contributed by atoms with Crippen molar-refractivity contribution in [3.8, 4) is 10.8 Å². The minimum absolute atomic E-state index is 0.646. The third kappa shape index (κ3) is 2.45.